The van der Waals surface area contributed by atoms with Crippen LogP contribution < -0.4 is 0 Å². The second kappa shape index (κ2) is 7.18. The monoisotopic (exact) mass is 309 g/mol. The molecule has 0 aliphatic rings. The summed E-state index contributed by atoms with van der Waals surface area (Å²) in [5.41, 5.74) is -1.15. The van der Waals surface area contributed by atoms with E-state index in [2.05, 4.69) is 9.97 Å². The predicted molar refractivity (Wildman–Crippen MR) is 70.1 cm³/mol. The number of rotatable bonds is 3. The summed E-state index contributed by atoms with van der Waals surface area (Å²) in [7, 11) is 0. The summed E-state index contributed by atoms with van der Waals surface area (Å²) in [5, 5.41) is 40.0. The zero-order valence-electron chi connectivity index (χ0n) is 10.6. The smallest absolute Gasteiger partial charge is 0.417 e. The van der Waals surface area contributed by atoms with Crippen LogP contribution in [0.3, 0.4) is 0 Å². The predicted octanol–water partition coefficient (Wildman–Crippen LogP) is 1.59. The summed E-state index contributed by atoms with van der Waals surface area (Å²) in [6.45, 7) is 0. The maximum atomic E-state index is 10.3. The van der Waals surface area contributed by atoms with Crippen LogP contribution in [0.4, 0.5) is 17.3 Å². The lowest BCUT2D eigenvalue weighted by Gasteiger charge is -1.98. The Hall–Kier alpha value is -3.70. The fourth-order valence-electron chi connectivity index (χ4n) is 1.17. The Morgan fingerprint density at radius 2 is 1.50 bits per heavy atom. The van der Waals surface area contributed by atoms with Gasteiger partial charge in [-0.25, -0.2) is 0 Å². The van der Waals surface area contributed by atoms with Crippen LogP contribution in [-0.2, 0) is 0 Å². The van der Waals surface area contributed by atoms with E-state index in [0.29, 0.717) is 6.07 Å². The van der Waals surface area contributed by atoms with Crippen LogP contribution in [0.5, 0.6) is 5.75 Å². The zero-order valence-corrected chi connectivity index (χ0v) is 10.6. The SMILES string of the molecule is O=[N+]([O-])c1cc([N+](=O)[O-])c(O)c([N+](=O)[O-])n1.c1ccncc1. The summed E-state index contributed by atoms with van der Waals surface area (Å²) in [4.78, 5) is 34.0. The third-order valence-electron chi connectivity index (χ3n) is 2.06. The minimum absolute atomic E-state index is 0.336. The third-order valence-corrected chi connectivity index (χ3v) is 2.06. The molecule has 0 aliphatic carbocycles. The molecule has 2 heterocycles. The Morgan fingerprint density at radius 1 is 0.909 bits per heavy atom. The molecule has 22 heavy (non-hydrogen) atoms. The van der Waals surface area contributed by atoms with E-state index in [1.807, 2.05) is 18.2 Å². The molecule has 0 aromatic carbocycles. The number of hydrogen-bond donors (Lipinski definition) is 1. The highest BCUT2D eigenvalue weighted by atomic mass is 16.6. The molecule has 12 nitrogen and oxygen atoms in total. The Labute approximate surface area is 121 Å². The molecule has 2 aromatic rings. The van der Waals surface area contributed by atoms with Gasteiger partial charge in [0.1, 0.15) is 6.07 Å². The summed E-state index contributed by atoms with van der Waals surface area (Å²) >= 11 is 0. The van der Waals surface area contributed by atoms with Gasteiger partial charge in [-0.1, -0.05) is 6.07 Å². The van der Waals surface area contributed by atoms with Crippen molar-refractivity contribution in [2.24, 2.45) is 0 Å². The minimum Gasteiger partial charge on any atom is -0.496 e. The molecule has 0 saturated heterocycles. The summed E-state index contributed by atoms with van der Waals surface area (Å²) in [6, 6.07) is 6.05. The van der Waals surface area contributed by atoms with E-state index in [1.54, 1.807) is 12.4 Å². The van der Waals surface area contributed by atoms with Crippen molar-refractivity contribution in [3.8, 4) is 5.75 Å². The lowest BCUT2D eigenvalue weighted by molar-refractivity contribution is -0.411. The van der Waals surface area contributed by atoms with Crippen LogP contribution in [0.15, 0.2) is 36.7 Å². The number of nitro groups is 3. The molecule has 0 aliphatic heterocycles. The van der Waals surface area contributed by atoms with Crippen molar-refractivity contribution in [3.05, 3.63) is 67.0 Å². The van der Waals surface area contributed by atoms with Gasteiger partial charge >= 0.3 is 17.3 Å². The van der Waals surface area contributed by atoms with Crippen molar-refractivity contribution < 1.29 is 19.9 Å². The molecule has 0 fully saturated rings. The van der Waals surface area contributed by atoms with Gasteiger partial charge < -0.3 is 25.3 Å². The van der Waals surface area contributed by atoms with Crippen molar-refractivity contribution in [2.45, 2.75) is 0 Å². The summed E-state index contributed by atoms with van der Waals surface area (Å²) < 4.78 is 0. The second-order valence-electron chi connectivity index (χ2n) is 3.47. The molecule has 0 bridgehead atoms. The van der Waals surface area contributed by atoms with Crippen molar-refractivity contribution in [1.29, 1.82) is 0 Å². The number of hydrogen-bond acceptors (Lipinski definition) is 9. The van der Waals surface area contributed by atoms with Gasteiger partial charge in [0.25, 0.3) is 5.75 Å². The number of aromatic hydroxyl groups is 1. The number of nitrogens with zero attached hydrogens (tertiary/aromatic N) is 5. The fourth-order valence-corrected chi connectivity index (χ4v) is 1.17. The van der Waals surface area contributed by atoms with Gasteiger partial charge in [-0.3, -0.25) is 15.1 Å². The summed E-state index contributed by atoms with van der Waals surface area (Å²) in [5.74, 6) is -3.74. The Balaban J connectivity index is 0.000000335. The first kappa shape index (κ1) is 16.4. The molecule has 12 heteroatoms. The van der Waals surface area contributed by atoms with E-state index in [4.69, 9.17) is 5.11 Å². The number of pyridine rings is 2. The van der Waals surface area contributed by atoms with Gasteiger partial charge in [0.2, 0.25) is 0 Å². The molecule has 0 spiro atoms. The van der Waals surface area contributed by atoms with Gasteiger partial charge in [0, 0.05) is 17.4 Å². The van der Waals surface area contributed by atoms with E-state index in [9.17, 15) is 30.3 Å². The zero-order chi connectivity index (χ0) is 16.7. The van der Waals surface area contributed by atoms with Crippen LogP contribution in [-0.4, -0.2) is 29.8 Å². The van der Waals surface area contributed by atoms with Crippen LogP contribution in [0.1, 0.15) is 0 Å². The first-order chi connectivity index (χ1) is 10.3. The van der Waals surface area contributed by atoms with Gasteiger partial charge in [0.05, 0.1) is 4.92 Å². The Kier molecular flexibility index (Phi) is 5.34. The van der Waals surface area contributed by atoms with Crippen LogP contribution in [0, 0.1) is 30.3 Å². The molecular weight excluding hydrogens is 302 g/mol. The Bertz CT molecular complexity index is 644. The molecule has 0 unspecified atom stereocenters. The van der Waals surface area contributed by atoms with Gasteiger partial charge in [0.15, 0.2) is 0 Å². The van der Waals surface area contributed by atoms with Crippen molar-refractivity contribution in [2.75, 3.05) is 0 Å². The minimum atomic E-state index is -1.33. The summed E-state index contributed by atoms with van der Waals surface area (Å²) in [6.07, 6.45) is 3.50. The molecule has 0 atom stereocenters. The van der Waals surface area contributed by atoms with Crippen molar-refractivity contribution in [1.82, 2.24) is 9.97 Å². The quantitative estimate of drug-likeness (QED) is 0.651. The maximum absolute atomic E-state index is 10.3. The maximum Gasteiger partial charge on any atom is 0.417 e. The highest BCUT2D eigenvalue weighted by Gasteiger charge is 2.31. The molecule has 2 aromatic heterocycles. The Morgan fingerprint density at radius 3 is 1.82 bits per heavy atom. The van der Waals surface area contributed by atoms with Crippen LogP contribution in [0.25, 0.3) is 0 Å². The van der Waals surface area contributed by atoms with Gasteiger partial charge in [-0.05, 0) is 22.0 Å². The average molecular weight is 309 g/mol. The van der Waals surface area contributed by atoms with Gasteiger partial charge in [-0.15, -0.1) is 0 Å². The van der Waals surface area contributed by atoms with E-state index < -0.39 is 37.8 Å². The molecule has 0 radical (unpaired) electrons. The standard InChI is InChI=1S/C5H2N4O7.C5H5N/c10-4-2(7(11)12)1-3(8(13)14)6-5(4)9(15)16;1-2-4-6-5-3-1/h1,10H;1-5H. The van der Waals surface area contributed by atoms with E-state index in [-0.39, 0.29) is 0 Å². The molecule has 0 saturated carbocycles. The highest BCUT2D eigenvalue weighted by molar-refractivity contribution is 5.58. The van der Waals surface area contributed by atoms with E-state index in [1.165, 1.54) is 0 Å². The van der Waals surface area contributed by atoms with Crippen molar-refractivity contribution >= 4 is 17.3 Å². The molecule has 2 rings (SSSR count). The van der Waals surface area contributed by atoms with Crippen molar-refractivity contribution in [3.63, 3.8) is 0 Å². The molecule has 114 valence electrons. The lowest BCUT2D eigenvalue weighted by Crippen LogP contribution is -2.01. The first-order valence-electron chi connectivity index (χ1n) is 5.36. The lowest BCUT2D eigenvalue weighted by atomic mass is 10.3. The topological polar surface area (TPSA) is 175 Å². The van der Waals surface area contributed by atoms with Crippen LogP contribution >= 0.6 is 0 Å². The second-order valence-corrected chi connectivity index (χ2v) is 3.47. The van der Waals surface area contributed by atoms with E-state index >= 15 is 0 Å². The highest BCUT2D eigenvalue weighted by Crippen LogP contribution is 2.36. The normalized spacial score (nSPS) is 9.27. The fraction of sp³-hybridized carbons (Fsp3) is 0. The van der Waals surface area contributed by atoms with Crippen LogP contribution in [0.2, 0.25) is 0 Å². The molecular formula is C10H7N5O7. The molecule has 1 N–H and O–H groups in total. The first-order valence-corrected chi connectivity index (χ1v) is 5.36. The van der Waals surface area contributed by atoms with Gasteiger partial charge in [-0.2, -0.15) is 0 Å². The third kappa shape index (κ3) is 4.16. The largest absolute Gasteiger partial charge is 0.496 e. The van der Waals surface area contributed by atoms with E-state index in [0.717, 1.165) is 0 Å². The average Bonchev–Trinajstić information content (AvgIpc) is 2.49. The number of aromatic nitrogens is 2. The molecule has 0 amide bonds.